The van der Waals surface area contributed by atoms with E-state index in [1.807, 2.05) is 24.3 Å². The zero-order chi connectivity index (χ0) is 13.2. The highest BCUT2D eigenvalue weighted by atomic mass is 16.4. The lowest BCUT2D eigenvalue weighted by Crippen LogP contribution is -2.18. The number of rotatable bonds is 3. The third-order valence-electron chi connectivity index (χ3n) is 2.93. The number of nitrogens with one attached hydrogen (secondary N) is 1. The zero-order valence-corrected chi connectivity index (χ0v) is 10.0. The van der Waals surface area contributed by atoms with Crippen LogP contribution in [0.1, 0.15) is 5.56 Å². The van der Waals surface area contributed by atoms with Gasteiger partial charge in [0, 0.05) is 11.8 Å². The fourth-order valence-corrected chi connectivity index (χ4v) is 2.03. The van der Waals surface area contributed by atoms with Gasteiger partial charge in [-0.05, 0) is 18.2 Å². The maximum absolute atomic E-state index is 11.9. The van der Waals surface area contributed by atoms with Crippen molar-refractivity contribution in [1.29, 1.82) is 0 Å². The Morgan fingerprint density at radius 1 is 1.26 bits per heavy atom. The molecule has 6 heteroatoms. The largest absolute Gasteiger partial charge is 0.420 e. The number of hydrogen-bond donors (Lipinski definition) is 2. The van der Waals surface area contributed by atoms with Gasteiger partial charge in [0.15, 0.2) is 5.58 Å². The van der Waals surface area contributed by atoms with Crippen molar-refractivity contribution in [3.05, 3.63) is 58.7 Å². The van der Waals surface area contributed by atoms with E-state index in [4.69, 9.17) is 10.3 Å². The van der Waals surface area contributed by atoms with Crippen molar-refractivity contribution in [2.75, 3.05) is 5.43 Å². The lowest BCUT2D eigenvalue weighted by atomic mass is 10.2. The van der Waals surface area contributed by atoms with Crippen LogP contribution in [0.4, 0.5) is 5.82 Å². The first-order chi connectivity index (χ1) is 9.29. The highest BCUT2D eigenvalue weighted by Crippen LogP contribution is 2.16. The number of hydrogen-bond acceptors (Lipinski definition) is 5. The minimum atomic E-state index is -0.395. The maximum atomic E-state index is 11.9. The van der Waals surface area contributed by atoms with Crippen LogP contribution in [0, 0.1) is 0 Å². The number of aromatic nitrogens is 2. The summed E-state index contributed by atoms with van der Waals surface area (Å²) in [5, 5.41) is 0. The standard InChI is InChI=1S/C13H12N4O2/c14-16-12-9(4-3-7-15-12)8-17-10-5-1-2-6-11(10)19-13(17)18/h1-7H,8,14H2,(H,15,16). The Labute approximate surface area is 108 Å². The molecule has 0 amide bonds. The van der Waals surface area contributed by atoms with Gasteiger partial charge in [0.25, 0.3) is 0 Å². The number of oxazole rings is 1. The van der Waals surface area contributed by atoms with E-state index in [0.717, 1.165) is 11.1 Å². The van der Waals surface area contributed by atoms with E-state index in [0.29, 0.717) is 17.9 Å². The molecule has 3 aromatic rings. The van der Waals surface area contributed by atoms with Crippen LogP contribution in [-0.4, -0.2) is 9.55 Å². The molecule has 0 spiro atoms. The molecule has 19 heavy (non-hydrogen) atoms. The monoisotopic (exact) mass is 256 g/mol. The van der Waals surface area contributed by atoms with E-state index in [9.17, 15) is 4.79 Å². The first kappa shape index (κ1) is 11.5. The Kier molecular flexibility index (Phi) is 2.77. The lowest BCUT2D eigenvalue weighted by molar-refractivity contribution is 0.517. The predicted molar refractivity (Wildman–Crippen MR) is 71.6 cm³/mol. The van der Waals surface area contributed by atoms with Crippen molar-refractivity contribution in [3.8, 4) is 0 Å². The molecule has 0 saturated carbocycles. The van der Waals surface area contributed by atoms with Gasteiger partial charge in [-0.15, -0.1) is 0 Å². The molecule has 0 fully saturated rings. The highest BCUT2D eigenvalue weighted by molar-refractivity contribution is 5.72. The fraction of sp³-hybridized carbons (Fsp3) is 0.0769. The average molecular weight is 256 g/mol. The normalized spacial score (nSPS) is 10.8. The second-order valence-electron chi connectivity index (χ2n) is 4.08. The molecular formula is C13H12N4O2. The Hall–Kier alpha value is -2.60. The maximum Gasteiger partial charge on any atom is 0.420 e. The molecule has 0 aliphatic heterocycles. The second kappa shape index (κ2) is 4.58. The third-order valence-corrected chi connectivity index (χ3v) is 2.93. The molecule has 0 unspecified atom stereocenters. The molecule has 0 aliphatic rings. The molecule has 0 saturated heterocycles. The number of nitrogens with zero attached hydrogens (tertiary/aromatic N) is 2. The van der Waals surface area contributed by atoms with Gasteiger partial charge in [0.05, 0.1) is 12.1 Å². The van der Waals surface area contributed by atoms with Crippen LogP contribution in [0.3, 0.4) is 0 Å². The van der Waals surface area contributed by atoms with Gasteiger partial charge in [-0.1, -0.05) is 18.2 Å². The Morgan fingerprint density at radius 2 is 2.11 bits per heavy atom. The van der Waals surface area contributed by atoms with Crippen molar-refractivity contribution in [1.82, 2.24) is 9.55 Å². The summed E-state index contributed by atoms with van der Waals surface area (Å²) in [7, 11) is 0. The summed E-state index contributed by atoms with van der Waals surface area (Å²) < 4.78 is 6.73. The molecule has 0 aliphatic carbocycles. The number of anilines is 1. The highest BCUT2D eigenvalue weighted by Gasteiger charge is 2.10. The summed E-state index contributed by atoms with van der Waals surface area (Å²) in [5.41, 5.74) is 4.65. The van der Waals surface area contributed by atoms with Gasteiger partial charge in [0.1, 0.15) is 5.82 Å². The van der Waals surface area contributed by atoms with Crippen molar-refractivity contribution < 1.29 is 4.42 Å². The van der Waals surface area contributed by atoms with E-state index in [1.54, 1.807) is 22.9 Å². The van der Waals surface area contributed by atoms with Gasteiger partial charge in [-0.25, -0.2) is 15.6 Å². The van der Waals surface area contributed by atoms with Crippen LogP contribution in [0.5, 0.6) is 0 Å². The van der Waals surface area contributed by atoms with Crippen LogP contribution in [-0.2, 0) is 6.54 Å². The smallest absolute Gasteiger partial charge is 0.408 e. The van der Waals surface area contributed by atoms with E-state index in [1.165, 1.54) is 0 Å². The van der Waals surface area contributed by atoms with Gasteiger partial charge >= 0.3 is 5.76 Å². The molecule has 0 bridgehead atoms. The Morgan fingerprint density at radius 3 is 2.95 bits per heavy atom. The third kappa shape index (κ3) is 1.98. The first-order valence-electron chi connectivity index (χ1n) is 5.78. The zero-order valence-electron chi connectivity index (χ0n) is 10.0. The molecule has 2 heterocycles. The fourth-order valence-electron chi connectivity index (χ4n) is 2.03. The van der Waals surface area contributed by atoms with Crippen molar-refractivity contribution in [2.45, 2.75) is 6.54 Å². The quantitative estimate of drug-likeness (QED) is 0.545. The summed E-state index contributed by atoms with van der Waals surface area (Å²) in [6.07, 6.45) is 1.63. The van der Waals surface area contributed by atoms with Crippen molar-refractivity contribution in [2.24, 2.45) is 5.84 Å². The van der Waals surface area contributed by atoms with E-state index in [-0.39, 0.29) is 0 Å². The number of nitrogens with two attached hydrogens (primary N) is 1. The van der Waals surface area contributed by atoms with Crippen LogP contribution < -0.4 is 17.0 Å². The SMILES string of the molecule is NNc1ncccc1Cn1c(=O)oc2ccccc21. The average Bonchev–Trinajstić information content (AvgIpc) is 2.76. The van der Waals surface area contributed by atoms with E-state index in [2.05, 4.69) is 10.4 Å². The van der Waals surface area contributed by atoms with Gasteiger partial charge in [-0.2, -0.15) is 0 Å². The number of nitrogen functional groups attached to an aromatic ring is 1. The van der Waals surface area contributed by atoms with Gasteiger partial charge in [-0.3, -0.25) is 4.57 Å². The second-order valence-corrected chi connectivity index (χ2v) is 4.08. The molecule has 3 rings (SSSR count). The minimum Gasteiger partial charge on any atom is -0.408 e. The Bertz CT molecular complexity index is 775. The molecule has 0 atom stereocenters. The molecule has 6 nitrogen and oxygen atoms in total. The Balaban J connectivity index is 2.11. The number of para-hydroxylation sites is 2. The number of benzene rings is 1. The molecule has 0 radical (unpaired) electrons. The minimum absolute atomic E-state index is 0.350. The summed E-state index contributed by atoms with van der Waals surface area (Å²) in [5.74, 6) is 5.55. The summed E-state index contributed by atoms with van der Waals surface area (Å²) in [4.78, 5) is 16.0. The molecular weight excluding hydrogens is 244 g/mol. The first-order valence-corrected chi connectivity index (χ1v) is 5.78. The molecule has 96 valence electrons. The number of hydrazine groups is 1. The number of fused-ring (bicyclic) bond motifs is 1. The van der Waals surface area contributed by atoms with E-state index >= 15 is 0 Å². The van der Waals surface area contributed by atoms with Crippen LogP contribution in [0.25, 0.3) is 11.1 Å². The lowest BCUT2D eigenvalue weighted by Gasteiger charge is -2.07. The van der Waals surface area contributed by atoms with Gasteiger partial charge < -0.3 is 9.84 Å². The van der Waals surface area contributed by atoms with E-state index < -0.39 is 5.76 Å². The number of pyridine rings is 1. The summed E-state index contributed by atoms with van der Waals surface area (Å²) in [6, 6.07) is 10.9. The molecule has 3 N–H and O–H groups in total. The predicted octanol–water partition coefficient (Wildman–Crippen LogP) is 1.32. The van der Waals surface area contributed by atoms with Crippen LogP contribution in [0.15, 0.2) is 51.8 Å². The topological polar surface area (TPSA) is 86.1 Å². The van der Waals surface area contributed by atoms with Crippen LogP contribution in [0.2, 0.25) is 0 Å². The van der Waals surface area contributed by atoms with Gasteiger partial charge in [0.2, 0.25) is 0 Å². The van der Waals surface area contributed by atoms with Crippen molar-refractivity contribution >= 4 is 16.9 Å². The summed E-state index contributed by atoms with van der Waals surface area (Å²) in [6.45, 7) is 0.350. The van der Waals surface area contributed by atoms with Crippen molar-refractivity contribution in [3.63, 3.8) is 0 Å². The van der Waals surface area contributed by atoms with Crippen LogP contribution >= 0.6 is 0 Å². The summed E-state index contributed by atoms with van der Waals surface area (Å²) >= 11 is 0. The molecule has 2 aromatic heterocycles. The molecule has 1 aromatic carbocycles.